The molecule has 5 rings (SSSR count). The van der Waals surface area contributed by atoms with Gasteiger partial charge in [0.15, 0.2) is 24.0 Å². The molecule has 10 heteroatoms. The van der Waals surface area contributed by atoms with E-state index in [9.17, 15) is 33.9 Å². The number of amides is 1. The van der Waals surface area contributed by atoms with Crippen molar-refractivity contribution in [2.45, 2.75) is 96.6 Å². The van der Waals surface area contributed by atoms with Crippen LogP contribution in [0.3, 0.4) is 0 Å². The van der Waals surface area contributed by atoms with Crippen molar-refractivity contribution >= 4 is 35.4 Å². The zero-order chi connectivity index (χ0) is 32.6. The molecule has 0 aliphatic heterocycles. The second-order valence-electron chi connectivity index (χ2n) is 13.7. The zero-order valence-electron chi connectivity index (χ0n) is 26.3. The Hall–Kier alpha value is -3.82. The molecule has 0 bridgehead atoms. The number of aliphatic carboxylic acids is 1. The van der Waals surface area contributed by atoms with Crippen LogP contribution in [0, 0.1) is 28.6 Å². The molecule has 3 saturated carbocycles. The average molecular weight is 622 g/mol. The molecule has 242 valence electrons. The third-order valence-electron chi connectivity index (χ3n) is 11.5. The normalized spacial score (nSPS) is 32.6. The molecule has 10 nitrogen and oxygen atoms in total. The summed E-state index contributed by atoms with van der Waals surface area (Å²) in [5.41, 5.74) is -0.441. The number of rotatable bonds is 10. The van der Waals surface area contributed by atoms with Gasteiger partial charge in [-0.3, -0.25) is 24.0 Å². The zero-order valence-corrected chi connectivity index (χ0v) is 26.3. The molecule has 1 aromatic carbocycles. The van der Waals surface area contributed by atoms with E-state index in [4.69, 9.17) is 9.47 Å². The standard InChI is InChI=1S/C35H43NO9/c1-21(37)45-35(28(39)20-44-30(41)12-11-29(40)36-31(32(42)43)22-7-5-4-6-8-22)18-15-27-25-10-9-23-19-24(38)13-16-33(23,2)26(25)14-17-34(27,35)3/h4-8,19,25-27,31H,9-18,20H2,1-3H3,(H,36,40)(H,42,43). The van der Waals surface area contributed by atoms with Gasteiger partial charge in [0.2, 0.25) is 11.7 Å². The number of allylic oxidation sites excluding steroid dienone is 1. The number of carboxylic acids is 1. The molecule has 0 heterocycles. The van der Waals surface area contributed by atoms with E-state index >= 15 is 0 Å². The first-order chi connectivity index (χ1) is 21.3. The largest absolute Gasteiger partial charge is 0.479 e. The number of benzene rings is 1. The number of carbonyl (C=O) groups excluding carboxylic acids is 5. The van der Waals surface area contributed by atoms with Gasteiger partial charge in [-0.1, -0.05) is 49.8 Å². The van der Waals surface area contributed by atoms with Crippen molar-refractivity contribution in [3.8, 4) is 0 Å². The van der Waals surface area contributed by atoms with E-state index in [2.05, 4.69) is 12.2 Å². The smallest absolute Gasteiger partial charge is 0.330 e. The summed E-state index contributed by atoms with van der Waals surface area (Å²) in [6.07, 6.45) is 6.97. The minimum Gasteiger partial charge on any atom is -0.479 e. The number of Topliss-reactive ketones (excluding diaryl/α,β-unsaturated/α-hetero) is 1. The van der Waals surface area contributed by atoms with E-state index in [1.165, 1.54) is 12.5 Å². The number of hydrogen-bond donors (Lipinski definition) is 2. The number of carboxylic acid groups (broad SMARTS) is 1. The van der Waals surface area contributed by atoms with Crippen LogP contribution in [0.4, 0.5) is 0 Å². The molecule has 0 aromatic heterocycles. The SMILES string of the molecule is CC(=O)OC1(C(=O)COC(=O)CCC(=O)NC(C(=O)O)c2ccccc2)CCC2C3CCC4=CC(=O)CCC4(C)C3CCC21C. The molecule has 1 aromatic rings. The molecule has 1 amide bonds. The Morgan fingerprint density at radius 1 is 0.956 bits per heavy atom. The fourth-order valence-electron chi connectivity index (χ4n) is 9.20. The van der Waals surface area contributed by atoms with Crippen molar-refractivity contribution in [3.05, 3.63) is 47.5 Å². The van der Waals surface area contributed by atoms with E-state index in [1.54, 1.807) is 30.3 Å². The number of ketones is 2. The molecule has 0 spiro atoms. The summed E-state index contributed by atoms with van der Waals surface area (Å²) < 4.78 is 11.3. The Morgan fingerprint density at radius 3 is 2.36 bits per heavy atom. The summed E-state index contributed by atoms with van der Waals surface area (Å²) in [4.78, 5) is 75.3. The Morgan fingerprint density at radius 2 is 1.67 bits per heavy atom. The van der Waals surface area contributed by atoms with Crippen LogP contribution >= 0.6 is 0 Å². The van der Waals surface area contributed by atoms with Gasteiger partial charge in [-0.05, 0) is 79.8 Å². The number of ether oxygens (including phenoxy) is 2. The van der Waals surface area contributed by atoms with E-state index in [-0.39, 0.29) is 30.0 Å². The van der Waals surface area contributed by atoms with Gasteiger partial charge in [0.1, 0.15) is 0 Å². The fourth-order valence-corrected chi connectivity index (χ4v) is 9.20. The Bertz CT molecular complexity index is 1420. The fraction of sp³-hybridized carbons (Fsp3) is 0.600. The average Bonchev–Trinajstić information content (AvgIpc) is 3.30. The van der Waals surface area contributed by atoms with Gasteiger partial charge >= 0.3 is 17.9 Å². The monoisotopic (exact) mass is 621 g/mol. The Kier molecular flexibility index (Phi) is 9.06. The van der Waals surface area contributed by atoms with E-state index in [0.717, 1.165) is 25.7 Å². The van der Waals surface area contributed by atoms with E-state index < -0.39 is 53.3 Å². The van der Waals surface area contributed by atoms with Gasteiger partial charge in [0, 0.05) is 25.2 Å². The highest BCUT2D eigenvalue weighted by Crippen LogP contribution is 2.68. The topological polar surface area (TPSA) is 153 Å². The van der Waals surface area contributed by atoms with Crippen molar-refractivity contribution in [2.75, 3.05) is 6.61 Å². The van der Waals surface area contributed by atoms with Crippen molar-refractivity contribution in [2.24, 2.45) is 28.6 Å². The highest BCUT2D eigenvalue weighted by molar-refractivity contribution is 5.94. The summed E-state index contributed by atoms with van der Waals surface area (Å²) >= 11 is 0. The predicted molar refractivity (Wildman–Crippen MR) is 161 cm³/mol. The first-order valence-corrected chi connectivity index (χ1v) is 16.0. The van der Waals surface area contributed by atoms with E-state index in [0.29, 0.717) is 43.1 Å². The summed E-state index contributed by atoms with van der Waals surface area (Å²) in [5.74, 6) is -2.62. The summed E-state index contributed by atoms with van der Waals surface area (Å²) in [6.45, 7) is 5.03. The molecular weight excluding hydrogens is 578 g/mol. The Balaban J connectivity index is 1.23. The molecule has 4 aliphatic carbocycles. The minimum absolute atomic E-state index is 0.0394. The van der Waals surface area contributed by atoms with E-state index in [1.807, 2.05) is 13.0 Å². The lowest BCUT2D eigenvalue weighted by Gasteiger charge is -2.59. The molecule has 45 heavy (non-hydrogen) atoms. The molecule has 2 N–H and O–H groups in total. The third-order valence-corrected chi connectivity index (χ3v) is 11.5. The first kappa shape index (κ1) is 32.6. The van der Waals surface area contributed by atoms with Gasteiger partial charge in [-0.2, -0.15) is 0 Å². The highest BCUT2D eigenvalue weighted by Gasteiger charge is 2.68. The second kappa shape index (κ2) is 12.5. The molecular formula is C35H43NO9. The molecule has 0 saturated heterocycles. The van der Waals surface area contributed by atoms with Crippen LogP contribution in [0.5, 0.6) is 0 Å². The van der Waals surface area contributed by atoms with Crippen LogP contribution in [-0.2, 0) is 38.2 Å². The van der Waals surface area contributed by atoms with Gasteiger partial charge in [0.05, 0.1) is 6.42 Å². The van der Waals surface area contributed by atoms with Crippen molar-refractivity contribution in [1.29, 1.82) is 0 Å². The molecule has 7 unspecified atom stereocenters. The summed E-state index contributed by atoms with van der Waals surface area (Å²) in [5, 5.41) is 12.0. The lowest BCUT2D eigenvalue weighted by Crippen LogP contribution is -2.59. The summed E-state index contributed by atoms with van der Waals surface area (Å²) in [6, 6.07) is 6.96. The number of esters is 2. The second-order valence-corrected chi connectivity index (χ2v) is 13.7. The quantitative estimate of drug-likeness (QED) is 0.355. The molecule has 4 aliphatic rings. The van der Waals surface area contributed by atoms with Crippen LogP contribution in [0.25, 0.3) is 0 Å². The van der Waals surface area contributed by atoms with Crippen LogP contribution in [0.2, 0.25) is 0 Å². The maximum atomic E-state index is 13.9. The number of hydrogen-bond acceptors (Lipinski definition) is 8. The molecule has 3 fully saturated rings. The number of carbonyl (C=O) groups is 6. The Labute approximate surface area is 263 Å². The predicted octanol–water partition coefficient (Wildman–Crippen LogP) is 4.65. The van der Waals surface area contributed by atoms with Gasteiger partial charge < -0.3 is 19.9 Å². The van der Waals surface area contributed by atoms with Gasteiger partial charge in [-0.15, -0.1) is 0 Å². The van der Waals surface area contributed by atoms with Crippen LogP contribution in [0.1, 0.15) is 96.6 Å². The minimum atomic E-state index is -1.42. The first-order valence-electron chi connectivity index (χ1n) is 16.0. The molecule has 0 radical (unpaired) electrons. The highest BCUT2D eigenvalue weighted by atomic mass is 16.6. The lowest BCUT2D eigenvalue weighted by molar-refractivity contribution is -0.191. The van der Waals surface area contributed by atoms with Gasteiger partial charge in [-0.25, -0.2) is 4.79 Å². The van der Waals surface area contributed by atoms with Crippen molar-refractivity contribution < 1.29 is 43.3 Å². The maximum absolute atomic E-state index is 13.9. The van der Waals surface area contributed by atoms with Crippen LogP contribution in [-0.4, -0.2) is 52.7 Å². The number of fused-ring (bicyclic) bond motifs is 5. The lowest BCUT2D eigenvalue weighted by atomic mass is 9.46. The maximum Gasteiger partial charge on any atom is 0.330 e. The van der Waals surface area contributed by atoms with Crippen LogP contribution in [0.15, 0.2) is 42.0 Å². The number of nitrogens with one attached hydrogen (secondary N) is 1. The van der Waals surface area contributed by atoms with Crippen molar-refractivity contribution in [1.82, 2.24) is 5.32 Å². The third kappa shape index (κ3) is 5.95. The van der Waals surface area contributed by atoms with Crippen LogP contribution < -0.4 is 5.32 Å². The molecule has 7 atom stereocenters. The van der Waals surface area contributed by atoms with Crippen molar-refractivity contribution in [3.63, 3.8) is 0 Å². The van der Waals surface area contributed by atoms with Gasteiger partial charge in [0.25, 0.3) is 0 Å². The summed E-state index contributed by atoms with van der Waals surface area (Å²) in [7, 11) is 0.